The van der Waals surface area contributed by atoms with Gasteiger partial charge in [-0.3, -0.25) is 4.79 Å². The van der Waals surface area contributed by atoms with E-state index in [1.54, 1.807) is 37.5 Å². The molecule has 0 aromatic heterocycles. The molecule has 2 aromatic carbocycles. The largest absolute Gasteiger partial charge is 0.493 e. The Balaban J connectivity index is 2.23. The number of likely N-dealkylation sites (N-methyl/N-ethyl adjacent to an activating group) is 1. The number of carbonyl (C=O) groups excluding carboxylic acids is 1. The molecule has 0 saturated heterocycles. The maximum absolute atomic E-state index is 13.7. The van der Waals surface area contributed by atoms with Crippen LogP contribution in [0.1, 0.15) is 5.56 Å². The van der Waals surface area contributed by atoms with Gasteiger partial charge in [0, 0.05) is 18.2 Å². The van der Waals surface area contributed by atoms with E-state index in [9.17, 15) is 9.18 Å². The molecule has 1 N–H and O–H groups in total. The van der Waals surface area contributed by atoms with Gasteiger partial charge >= 0.3 is 0 Å². The molecule has 2 aromatic rings. The van der Waals surface area contributed by atoms with Gasteiger partial charge in [-0.05, 0) is 44.4 Å². The van der Waals surface area contributed by atoms with E-state index < -0.39 is 11.7 Å². The molecule has 150 valence electrons. The lowest BCUT2D eigenvalue weighted by Gasteiger charge is -2.17. The van der Waals surface area contributed by atoms with Gasteiger partial charge in [-0.2, -0.15) is 0 Å². The van der Waals surface area contributed by atoms with E-state index in [1.807, 2.05) is 19.0 Å². The summed E-state index contributed by atoms with van der Waals surface area (Å²) in [7, 11) is 6.95. The minimum Gasteiger partial charge on any atom is -0.493 e. The van der Waals surface area contributed by atoms with Crippen LogP contribution in [-0.2, 0) is 4.79 Å². The molecule has 0 atom stereocenters. The number of halogens is 1. The van der Waals surface area contributed by atoms with Crippen molar-refractivity contribution in [1.82, 2.24) is 4.90 Å². The molecule has 0 spiro atoms. The first-order valence-corrected chi connectivity index (χ1v) is 8.72. The third kappa shape index (κ3) is 5.72. The number of para-hydroxylation sites is 1. The minimum atomic E-state index is -0.497. The number of benzene rings is 2. The highest BCUT2D eigenvalue weighted by Crippen LogP contribution is 2.40. The minimum absolute atomic E-state index is 0.118. The molecule has 0 fully saturated rings. The van der Waals surface area contributed by atoms with E-state index in [2.05, 4.69) is 5.32 Å². The summed E-state index contributed by atoms with van der Waals surface area (Å²) in [5.74, 6) is 0.481. The van der Waals surface area contributed by atoms with Crippen molar-refractivity contribution in [2.24, 2.45) is 0 Å². The lowest BCUT2D eigenvalue weighted by molar-refractivity contribution is -0.111. The van der Waals surface area contributed by atoms with Crippen LogP contribution in [0.4, 0.5) is 10.1 Å². The normalized spacial score (nSPS) is 10.9. The number of amides is 1. The first-order chi connectivity index (χ1) is 13.5. The number of nitrogens with zero attached hydrogens (tertiary/aromatic N) is 1. The fourth-order valence-electron chi connectivity index (χ4n) is 2.43. The third-order valence-corrected chi connectivity index (χ3v) is 3.86. The summed E-state index contributed by atoms with van der Waals surface area (Å²) in [6, 6.07) is 9.47. The molecule has 0 bridgehead atoms. The average Bonchev–Trinajstić information content (AvgIpc) is 2.67. The van der Waals surface area contributed by atoms with Gasteiger partial charge in [-0.25, -0.2) is 4.39 Å². The summed E-state index contributed by atoms with van der Waals surface area (Å²) < 4.78 is 30.3. The van der Waals surface area contributed by atoms with Gasteiger partial charge in [0.15, 0.2) is 11.5 Å². The fourth-order valence-corrected chi connectivity index (χ4v) is 2.43. The molecule has 2 rings (SSSR count). The molecule has 6 nitrogen and oxygen atoms in total. The van der Waals surface area contributed by atoms with E-state index >= 15 is 0 Å². The predicted octanol–water partition coefficient (Wildman–Crippen LogP) is 3.44. The van der Waals surface area contributed by atoms with Gasteiger partial charge in [0.05, 0.1) is 19.9 Å². The van der Waals surface area contributed by atoms with Crippen molar-refractivity contribution in [2.45, 2.75) is 0 Å². The number of nitrogens with one attached hydrogen (secondary N) is 1. The zero-order chi connectivity index (χ0) is 20.5. The van der Waals surface area contributed by atoms with Crippen molar-refractivity contribution in [3.8, 4) is 17.2 Å². The maximum Gasteiger partial charge on any atom is 0.248 e. The summed E-state index contributed by atoms with van der Waals surface area (Å²) in [4.78, 5) is 14.2. The van der Waals surface area contributed by atoms with Crippen molar-refractivity contribution < 1.29 is 23.4 Å². The van der Waals surface area contributed by atoms with E-state index in [-0.39, 0.29) is 5.69 Å². The van der Waals surface area contributed by atoms with Crippen molar-refractivity contribution in [2.75, 3.05) is 46.8 Å². The molecule has 0 aliphatic carbocycles. The highest BCUT2D eigenvalue weighted by atomic mass is 19.1. The SMILES string of the molecule is COc1ccc(/C=C/C(=O)Nc2ccccc2F)c(OCCN(C)C)c1OC. The smallest absolute Gasteiger partial charge is 0.248 e. The second kappa shape index (κ2) is 10.3. The van der Waals surface area contributed by atoms with E-state index in [1.165, 1.54) is 25.3 Å². The number of rotatable bonds is 9. The quantitative estimate of drug-likeness (QED) is 0.667. The molecule has 0 aliphatic rings. The Labute approximate surface area is 164 Å². The maximum atomic E-state index is 13.7. The summed E-state index contributed by atoms with van der Waals surface area (Å²) in [5.41, 5.74) is 0.756. The number of anilines is 1. The van der Waals surface area contributed by atoms with E-state index in [0.717, 1.165) is 0 Å². The highest BCUT2D eigenvalue weighted by molar-refractivity contribution is 6.02. The number of ether oxygens (including phenoxy) is 3. The zero-order valence-electron chi connectivity index (χ0n) is 16.5. The molecule has 0 heterocycles. The van der Waals surface area contributed by atoms with Crippen LogP contribution in [0.3, 0.4) is 0 Å². The molecule has 1 amide bonds. The average molecular weight is 388 g/mol. The molecular weight excluding hydrogens is 363 g/mol. The number of methoxy groups -OCH3 is 2. The third-order valence-electron chi connectivity index (χ3n) is 3.86. The Bertz CT molecular complexity index is 837. The van der Waals surface area contributed by atoms with Crippen LogP contribution in [0.5, 0.6) is 17.2 Å². The summed E-state index contributed by atoms with van der Waals surface area (Å²) in [5, 5.41) is 2.51. The second-order valence-electron chi connectivity index (χ2n) is 6.17. The Morgan fingerprint density at radius 3 is 2.50 bits per heavy atom. The summed E-state index contributed by atoms with van der Waals surface area (Å²) >= 11 is 0. The van der Waals surface area contributed by atoms with Crippen molar-refractivity contribution in [1.29, 1.82) is 0 Å². The Morgan fingerprint density at radius 2 is 1.86 bits per heavy atom. The van der Waals surface area contributed by atoms with Gasteiger partial charge in [0.2, 0.25) is 11.7 Å². The van der Waals surface area contributed by atoms with Gasteiger partial charge in [0.1, 0.15) is 12.4 Å². The lowest BCUT2D eigenvalue weighted by atomic mass is 10.1. The number of carbonyl (C=O) groups is 1. The van der Waals surface area contributed by atoms with E-state index in [0.29, 0.717) is 36.0 Å². The van der Waals surface area contributed by atoms with Crippen molar-refractivity contribution in [3.05, 3.63) is 53.9 Å². The highest BCUT2D eigenvalue weighted by Gasteiger charge is 2.15. The van der Waals surface area contributed by atoms with Gasteiger partial charge in [0.25, 0.3) is 0 Å². The van der Waals surface area contributed by atoms with Crippen LogP contribution in [0.25, 0.3) is 6.08 Å². The molecule has 0 aliphatic heterocycles. The Hall–Kier alpha value is -3.06. The predicted molar refractivity (Wildman–Crippen MR) is 108 cm³/mol. The van der Waals surface area contributed by atoms with Gasteiger partial charge in [-0.15, -0.1) is 0 Å². The molecule has 0 radical (unpaired) electrons. The molecule has 0 saturated carbocycles. The van der Waals surface area contributed by atoms with Crippen LogP contribution >= 0.6 is 0 Å². The first-order valence-electron chi connectivity index (χ1n) is 8.72. The molecule has 7 heteroatoms. The summed E-state index contributed by atoms with van der Waals surface area (Å²) in [6.07, 6.45) is 2.90. The lowest BCUT2D eigenvalue weighted by Crippen LogP contribution is -2.19. The van der Waals surface area contributed by atoms with Crippen LogP contribution in [0, 0.1) is 5.82 Å². The Kier molecular flexibility index (Phi) is 7.83. The van der Waals surface area contributed by atoms with Crippen molar-refractivity contribution in [3.63, 3.8) is 0 Å². The topological polar surface area (TPSA) is 60.0 Å². The molecule has 28 heavy (non-hydrogen) atoms. The molecule has 0 unspecified atom stereocenters. The standard InChI is InChI=1S/C21H25FN2O4/c1-24(2)13-14-28-20-15(9-11-18(26-3)21(20)27-4)10-12-19(25)23-17-8-6-5-7-16(17)22/h5-12H,13-14H2,1-4H3,(H,23,25)/b12-10+. The Morgan fingerprint density at radius 1 is 1.11 bits per heavy atom. The number of hydrogen-bond donors (Lipinski definition) is 1. The fraction of sp³-hybridized carbons (Fsp3) is 0.286. The van der Waals surface area contributed by atoms with Gasteiger partial charge in [-0.1, -0.05) is 12.1 Å². The van der Waals surface area contributed by atoms with E-state index in [4.69, 9.17) is 14.2 Å². The van der Waals surface area contributed by atoms with Crippen LogP contribution in [-0.4, -0.2) is 52.3 Å². The zero-order valence-corrected chi connectivity index (χ0v) is 16.5. The number of hydrogen-bond acceptors (Lipinski definition) is 5. The summed E-state index contributed by atoms with van der Waals surface area (Å²) in [6.45, 7) is 1.13. The first kappa shape index (κ1) is 21.2. The second-order valence-corrected chi connectivity index (χ2v) is 6.17. The molecular formula is C21H25FN2O4. The van der Waals surface area contributed by atoms with Crippen LogP contribution in [0.15, 0.2) is 42.5 Å². The van der Waals surface area contributed by atoms with Crippen LogP contribution in [0.2, 0.25) is 0 Å². The van der Waals surface area contributed by atoms with Crippen LogP contribution < -0.4 is 19.5 Å². The monoisotopic (exact) mass is 388 g/mol. The van der Waals surface area contributed by atoms with Gasteiger partial charge < -0.3 is 24.4 Å². The van der Waals surface area contributed by atoms with Crippen molar-refractivity contribution >= 4 is 17.7 Å².